The zero-order valence-corrected chi connectivity index (χ0v) is 13.9. The first-order chi connectivity index (χ1) is 10.1. The highest BCUT2D eigenvalue weighted by Gasteiger charge is 2.52. The summed E-state index contributed by atoms with van der Waals surface area (Å²) in [5.74, 6) is -0.384. The largest absolute Gasteiger partial charge is 0.491 e. The summed E-state index contributed by atoms with van der Waals surface area (Å²) in [6, 6.07) is 3.02. The Labute approximate surface area is 131 Å². The molecule has 22 heavy (non-hydrogen) atoms. The zero-order valence-electron chi connectivity index (χ0n) is 13.9. The van der Waals surface area contributed by atoms with E-state index in [9.17, 15) is 4.39 Å². The van der Waals surface area contributed by atoms with Gasteiger partial charge in [0.05, 0.1) is 11.2 Å². The van der Waals surface area contributed by atoms with E-state index in [1.165, 1.54) is 6.07 Å². The van der Waals surface area contributed by atoms with Crippen LogP contribution in [0.4, 0.5) is 10.1 Å². The van der Waals surface area contributed by atoms with Crippen LogP contribution in [0.25, 0.3) is 6.08 Å². The summed E-state index contributed by atoms with van der Waals surface area (Å²) < 4.78 is 26.0. The molecule has 0 amide bonds. The molecule has 1 aromatic carbocycles. The Morgan fingerprint density at radius 3 is 2.27 bits per heavy atom. The van der Waals surface area contributed by atoms with Crippen LogP contribution in [0.5, 0.6) is 0 Å². The molecule has 2 rings (SSSR count). The predicted octanol–water partition coefficient (Wildman–Crippen LogP) is 2.69. The second-order valence-corrected chi connectivity index (χ2v) is 6.74. The molecule has 0 unspecified atom stereocenters. The zero-order chi connectivity index (χ0) is 16.7. The Bertz CT molecular complexity index is 598. The van der Waals surface area contributed by atoms with Crippen molar-refractivity contribution in [3.05, 3.63) is 34.5 Å². The van der Waals surface area contributed by atoms with Gasteiger partial charge < -0.3 is 20.8 Å². The summed E-state index contributed by atoms with van der Waals surface area (Å²) in [5.41, 5.74) is 13.0. The fraction of sp³-hybridized carbons (Fsp3) is 0.500. The lowest BCUT2D eigenvalue weighted by molar-refractivity contribution is 0.00578. The topological polar surface area (TPSA) is 70.5 Å². The van der Waals surface area contributed by atoms with Crippen molar-refractivity contribution in [3.8, 4) is 0 Å². The van der Waals surface area contributed by atoms with Gasteiger partial charge in [0.1, 0.15) is 5.82 Å². The summed E-state index contributed by atoms with van der Waals surface area (Å²) in [4.78, 5) is 0. The average Bonchev–Trinajstić information content (AvgIpc) is 2.61. The number of nitrogens with two attached hydrogens (primary N) is 2. The van der Waals surface area contributed by atoms with E-state index in [-0.39, 0.29) is 12.4 Å². The third-order valence-corrected chi connectivity index (χ3v) is 4.52. The quantitative estimate of drug-likeness (QED) is 0.665. The molecular formula is C16H24BFN2O2. The molecule has 1 aromatic rings. The van der Waals surface area contributed by atoms with Crippen LogP contribution in [0.2, 0.25) is 0 Å². The van der Waals surface area contributed by atoms with Gasteiger partial charge in [0.25, 0.3) is 0 Å². The number of anilines is 1. The molecule has 4 nitrogen and oxygen atoms in total. The predicted molar refractivity (Wildman–Crippen MR) is 88.7 cm³/mol. The van der Waals surface area contributed by atoms with Crippen LogP contribution in [0.15, 0.2) is 17.6 Å². The van der Waals surface area contributed by atoms with Crippen molar-refractivity contribution in [3.63, 3.8) is 0 Å². The molecule has 0 radical (unpaired) electrons. The van der Waals surface area contributed by atoms with E-state index in [2.05, 4.69) is 0 Å². The van der Waals surface area contributed by atoms with Crippen molar-refractivity contribution < 1.29 is 13.7 Å². The highest BCUT2D eigenvalue weighted by molar-refractivity contribution is 6.55. The van der Waals surface area contributed by atoms with Gasteiger partial charge in [0.15, 0.2) is 0 Å². The van der Waals surface area contributed by atoms with Crippen molar-refractivity contribution in [1.82, 2.24) is 0 Å². The molecule has 1 heterocycles. The van der Waals surface area contributed by atoms with Gasteiger partial charge in [0.2, 0.25) is 0 Å². The minimum atomic E-state index is -0.577. The molecule has 120 valence electrons. The van der Waals surface area contributed by atoms with Gasteiger partial charge in [-0.1, -0.05) is 6.08 Å². The van der Waals surface area contributed by atoms with Gasteiger partial charge in [-0.2, -0.15) is 0 Å². The number of hydrogen-bond donors (Lipinski definition) is 2. The van der Waals surface area contributed by atoms with Crippen LogP contribution in [-0.4, -0.2) is 24.9 Å². The summed E-state index contributed by atoms with van der Waals surface area (Å²) in [6.45, 7) is 9.93. The summed E-state index contributed by atoms with van der Waals surface area (Å²) in [6.07, 6.45) is 1.68. The lowest BCUT2D eigenvalue weighted by atomic mass is 9.77. The Hall–Kier alpha value is -1.37. The minimum Gasteiger partial charge on any atom is -0.400 e. The standard InChI is InChI=1S/C16H24BFN2O2/c1-10-6-11(13(18)8-14(10)20)7-12(9-19)17-21-15(2,3)16(4,5)22-17/h6-8H,9,19-20H2,1-5H3. The Balaban J connectivity index is 2.36. The lowest BCUT2D eigenvalue weighted by Crippen LogP contribution is -2.41. The van der Waals surface area contributed by atoms with E-state index in [1.54, 1.807) is 12.1 Å². The summed E-state index contributed by atoms with van der Waals surface area (Å²) >= 11 is 0. The fourth-order valence-corrected chi connectivity index (χ4v) is 2.25. The van der Waals surface area contributed by atoms with Crippen LogP contribution in [0, 0.1) is 12.7 Å². The van der Waals surface area contributed by atoms with Crippen molar-refractivity contribution in [2.75, 3.05) is 12.3 Å². The molecule has 1 fully saturated rings. The molecule has 4 N–H and O–H groups in total. The first-order valence-electron chi connectivity index (χ1n) is 7.39. The molecule has 0 atom stereocenters. The van der Waals surface area contributed by atoms with Gasteiger partial charge >= 0.3 is 7.12 Å². The van der Waals surface area contributed by atoms with E-state index in [0.717, 1.165) is 5.56 Å². The van der Waals surface area contributed by atoms with Crippen molar-refractivity contribution in [2.45, 2.75) is 45.8 Å². The Morgan fingerprint density at radius 2 is 1.77 bits per heavy atom. The molecular weight excluding hydrogens is 282 g/mol. The normalized spacial score (nSPS) is 20.5. The second kappa shape index (κ2) is 5.68. The molecule has 0 spiro atoms. The number of benzene rings is 1. The lowest BCUT2D eigenvalue weighted by Gasteiger charge is -2.32. The second-order valence-electron chi connectivity index (χ2n) is 6.74. The van der Waals surface area contributed by atoms with Crippen LogP contribution >= 0.6 is 0 Å². The van der Waals surface area contributed by atoms with E-state index >= 15 is 0 Å². The SMILES string of the molecule is Cc1cc(C=C(CN)B2OC(C)(C)C(C)(C)O2)c(F)cc1N. The highest BCUT2D eigenvalue weighted by Crippen LogP contribution is 2.38. The smallest absolute Gasteiger partial charge is 0.400 e. The summed E-state index contributed by atoms with van der Waals surface area (Å²) in [7, 11) is -0.577. The maximum atomic E-state index is 14.1. The third-order valence-electron chi connectivity index (χ3n) is 4.52. The van der Waals surface area contributed by atoms with Gasteiger partial charge in [-0.15, -0.1) is 0 Å². The maximum absolute atomic E-state index is 14.1. The molecule has 1 aliphatic rings. The number of aryl methyl sites for hydroxylation is 1. The average molecular weight is 306 g/mol. The Morgan fingerprint density at radius 1 is 1.23 bits per heavy atom. The minimum absolute atomic E-state index is 0.222. The van der Waals surface area contributed by atoms with E-state index in [4.69, 9.17) is 20.8 Å². The Kier molecular flexibility index (Phi) is 4.39. The maximum Gasteiger partial charge on any atom is 0.491 e. The van der Waals surface area contributed by atoms with E-state index in [1.807, 2.05) is 34.6 Å². The van der Waals surface area contributed by atoms with Gasteiger partial charge in [0, 0.05) is 17.8 Å². The number of hydrogen-bond acceptors (Lipinski definition) is 4. The molecule has 6 heteroatoms. The molecule has 0 aliphatic carbocycles. The molecule has 0 saturated carbocycles. The van der Waals surface area contributed by atoms with Gasteiger partial charge in [-0.05, 0) is 57.8 Å². The van der Waals surface area contributed by atoms with Crippen molar-refractivity contribution in [1.29, 1.82) is 0 Å². The first kappa shape index (κ1) is 17.0. The first-order valence-corrected chi connectivity index (χ1v) is 7.39. The van der Waals surface area contributed by atoms with Crippen LogP contribution < -0.4 is 11.5 Å². The molecule has 1 aliphatic heterocycles. The van der Waals surface area contributed by atoms with Gasteiger partial charge in [-0.3, -0.25) is 0 Å². The van der Waals surface area contributed by atoms with Crippen molar-refractivity contribution in [2.24, 2.45) is 5.73 Å². The van der Waals surface area contributed by atoms with E-state index < -0.39 is 18.3 Å². The van der Waals surface area contributed by atoms with Gasteiger partial charge in [-0.25, -0.2) is 4.39 Å². The number of halogens is 1. The third kappa shape index (κ3) is 3.04. The highest BCUT2D eigenvalue weighted by atomic mass is 19.1. The number of nitrogen functional groups attached to an aromatic ring is 1. The van der Waals surface area contributed by atoms with Crippen LogP contribution in [0.1, 0.15) is 38.8 Å². The van der Waals surface area contributed by atoms with Crippen LogP contribution in [-0.2, 0) is 9.31 Å². The monoisotopic (exact) mass is 306 g/mol. The summed E-state index contributed by atoms with van der Waals surface area (Å²) in [5, 5.41) is 0. The van der Waals surface area contributed by atoms with Crippen LogP contribution in [0.3, 0.4) is 0 Å². The van der Waals surface area contributed by atoms with E-state index in [0.29, 0.717) is 16.7 Å². The molecule has 0 bridgehead atoms. The molecule has 1 saturated heterocycles. The number of rotatable bonds is 3. The van der Waals surface area contributed by atoms with Crippen molar-refractivity contribution >= 4 is 18.9 Å². The molecule has 0 aromatic heterocycles. The fourth-order valence-electron chi connectivity index (χ4n) is 2.25.